The molecular formula is C14H20FN3O2. The van der Waals surface area contributed by atoms with E-state index in [1.165, 1.54) is 12.1 Å². The standard InChI is InChI=1S/C14H20FN3O2/c1-14(2,3)17-6-4-16(5-7-17)12-8-11(15)9-13(10-12)18(19)20/h8-10H,4-7H2,1-3H3. The average molecular weight is 281 g/mol. The fourth-order valence-corrected chi connectivity index (χ4v) is 2.48. The maximum Gasteiger partial charge on any atom is 0.274 e. The van der Waals surface area contributed by atoms with Crippen LogP contribution in [-0.2, 0) is 0 Å². The average Bonchev–Trinajstić information content (AvgIpc) is 2.37. The van der Waals surface area contributed by atoms with Crippen LogP contribution >= 0.6 is 0 Å². The summed E-state index contributed by atoms with van der Waals surface area (Å²) in [5.74, 6) is -0.563. The molecule has 0 aromatic heterocycles. The van der Waals surface area contributed by atoms with Crippen LogP contribution in [0.3, 0.4) is 0 Å². The van der Waals surface area contributed by atoms with Crippen molar-refractivity contribution in [2.24, 2.45) is 0 Å². The third kappa shape index (κ3) is 3.25. The highest BCUT2D eigenvalue weighted by Gasteiger charge is 2.26. The molecule has 20 heavy (non-hydrogen) atoms. The SMILES string of the molecule is CC(C)(C)N1CCN(c2cc(F)cc([N+](=O)[O-])c2)CC1. The fraction of sp³-hybridized carbons (Fsp3) is 0.571. The van der Waals surface area contributed by atoms with Gasteiger partial charge >= 0.3 is 0 Å². The molecule has 2 rings (SSSR count). The Morgan fingerprint density at radius 3 is 2.25 bits per heavy atom. The highest BCUT2D eigenvalue weighted by atomic mass is 19.1. The van der Waals surface area contributed by atoms with Crippen molar-refractivity contribution < 1.29 is 9.31 Å². The number of nitro groups is 1. The summed E-state index contributed by atoms with van der Waals surface area (Å²) >= 11 is 0. The summed E-state index contributed by atoms with van der Waals surface area (Å²) in [6.07, 6.45) is 0. The molecular weight excluding hydrogens is 261 g/mol. The first-order valence-electron chi connectivity index (χ1n) is 6.72. The van der Waals surface area contributed by atoms with Crippen molar-refractivity contribution >= 4 is 11.4 Å². The van der Waals surface area contributed by atoms with Crippen LogP contribution in [0.2, 0.25) is 0 Å². The van der Waals surface area contributed by atoms with Crippen molar-refractivity contribution in [3.8, 4) is 0 Å². The number of nitro benzene ring substituents is 1. The molecule has 1 heterocycles. The first-order valence-corrected chi connectivity index (χ1v) is 6.72. The van der Waals surface area contributed by atoms with Crippen molar-refractivity contribution in [1.29, 1.82) is 0 Å². The highest BCUT2D eigenvalue weighted by Crippen LogP contribution is 2.25. The van der Waals surface area contributed by atoms with E-state index in [4.69, 9.17) is 0 Å². The van der Waals surface area contributed by atoms with E-state index in [0.717, 1.165) is 32.2 Å². The monoisotopic (exact) mass is 281 g/mol. The van der Waals surface area contributed by atoms with Gasteiger partial charge < -0.3 is 4.90 Å². The molecule has 0 spiro atoms. The molecule has 1 aliphatic rings. The highest BCUT2D eigenvalue weighted by molar-refractivity contribution is 5.54. The third-order valence-corrected chi connectivity index (χ3v) is 3.67. The van der Waals surface area contributed by atoms with E-state index >= 15 is 0 Å². The lowest BCUT2D eigenvalue weighted by Gasteiger charge is -2.43. The molecule has 0 amide bonds. The van der Waals surface area contributed by atoms with Crippen LogP contribution in [0, 0.1) is 15.9 Å². The molecule has 110 valence electrons. The second-order valence-electron chi connectivity index (χ2n) is 6.07. The molecule has 5 nitrogen and oxygen atoms in total. The van der Waals surface area contributed by atoms with Gasteiger partial charge in [-0.25, -0.2) is 4.39 Å². The molecule has 1 fully saturated rings. The molecule has 1 aromatic rings. The lowest BCUT2D eigenvalue weighted by atomic mass is 10.0. The summed E-state index contributed by atoms with van der Waals surface area (Å²) in [6, 6.07) is 3.75. The Bertz CT molecular complexity index is 506. The zero-order valence-electron chi connectivity index (χ0n) is 12.1. The lowest BCUT2D eigenvalue weighted by Crippen LogP contribution is -2.53. The second-order valence-corrected chi connectivity index (χ2v) is 6.07. The Morgan fingerprint density at radius 2 is 1.75 bits per heavy atom. The molecule has 1 aliphatic heterocycles. The number of halogens is 1. The van der Waals surface area contributed by atoms with Gasteiger partial charge in [0, 0.05) is 43.5 Å². The molecule has 0 unspecified atom stereocenters. The molecule has 1 saturated heterocycles. The van der Waals surface area contributed by atoms with Gasteiger partial charge in [0.05, 0.1) is 11.0 Å². The van der Waals surface area contributed by atoms with Gasteiger partial charge in [-0.1, -0.05) is 0 Å². The number of hydrogen-bond donors (Lipinski definition) is 0. The van der Waals surface area contributed by atoms with Gasteiger partial charge in [-0.05, 0) is 26.8 Å². The van der Waals surface area contributed by atoms with E-state index in [9.17, 15) is 14.5 Å². The van der Waals surface area contributed by atoms with Gasteiger partial charge in [-0.15, -0.1) is 0 Å². The normalized spacial score (nSPS) is 17.3. The minimum Gasteiger partial charge on any atom is -0.369 e. The zero-order chi connectivity index (χ0) is 14.9. The molecule has 1 aromatic carbocycles. The van der Waals surface area contributed by atoms with Crippen LogP contribution in [0.1, 0.15) is 20.8 Å². The Morgan fingerprint density at radius 1 is 1.15 bits per heavy atom. The Balaban J connectivity index is 2.13. The van der Waals surface area contributed by atoms with E-state index in [1.807, 2.05) is 4.90 Å². The number of non-ortho nitro benzene ring substituents is 1. The third-order valence-electron chi connectivity index (χ3n) is 3.67. The van der Waals surface area contributed by atoms with Gasteiger partial charge in [0.25, 0.3) is 5.69 Å². The minimum atomic E-state index is -0.563. The van der Waals surface area contributed by atoms with Crippen LogP contribution in [-0.4, -0.2) is 41.5 Å². The van der Waals surface area contributed by atoms with Crippen molar-refractivity contribution in [3.05, 3.63) is 34.1 Å². The van der Waals surface area contributed by atoms with Crippen LogP contribution in [0.25, 0.3) is 0 Å². The first-order chi connectivity index (χ1) is 9.27. The Hall–Kier alpha value is -1.69. The van der Waals surface area contributed by atoms with E-state index in [-0.39, 0.29) is 11.2 Å². The smallest absolute Gasteiger partial charge is 0.274 e. The second kappa shape index (κ2) is 5.36. The molecule has 0 saturated carbocycles. The largest absolute Gasteiger partial charge is 0.369 e. The number of piperazine rings is 1. The summed E-state index contributed by atoms with van der Waals surface area (Å²) < 4.78 is 13.5. The summed E-state index contributed by atoms with van der Waals surface area (Å²) in [5, 5.41) is 10.8. The molecule has 6 heteroatoms. The predicted molar refractivity (Wildman–Crippen MR) is 76.6 cm³/mol. The van der Waals surface area contributed by atoms with Crippen molar-refractivity contribution in [2.75, 3.05) is 31.1 Å². The number of hydrogen-bond acceptors (Lipinski definition) is 4. The van der Waals surface area contributed by atoms with E-state index in [1.54, 1.807) is 0 Å². The van der Waals surface area contributed by atoms with Gasteiger partial charge in [0.2, 0.25) is 0 Å². The Labute approximate surface area is 118 Å². The van der Waals surface area contributed by atoms with Gasteiger partial charge in [0.1, 0.15) is 5.82 Å². The number of anilines is 1. The summed E-state index contributed by atoms with van der Waals surface area (Å²) in [5.41, 5.74) is 0.503. The van der Waals surface area contributed by atoms with Crippen LogP contribution < -0.4 is 4.90 Å². The fourth-order valence-electron chi connectivity index (χ4n) is 2.48. The maximum absolute atomic E-state index is 13.5. The molecule has 0 radical (unpaired) electrons. The summed E-state index contributed by atoms with van der Waals surface area (Å²) in [6.45, 7) is 9.72. The van der Waals surface area contributed by atoms with Crippen LogP contribution in [0.15, 0.2) is 18.2 Å². The first kappa shape index (κ1) is 14.7. The topological polar surface area (TPSA) is 49.6 Å². The van der Waals surface area contributed by atoms with Crippen molar-refractivity contribution in [2.45, 2.75) is 26.3 Å². The number of nitrogens with zero attached hydrogens (tertiary/aromatic N) is 3. The quantitative estimate of drug-likeness (QED) is 0.617. The van der Waals surface area contributed by atoms with Gasteiger partial charge in [0.15, 0.2) is 0 Å². The van der Waals surface area contributed by atoms with Crippen molar-refractivity contribution in [3.63, 3.8) is 0 Å². The van der Waals surface area contributed by atoms with Crippen LogP contribution in [0.4, 0.5) is 15.8 Å². The van der Waals surface area contributed by atoms with E-state index in [2.05, 4.69) is 25.7 Å². The van der Waals surface area contributed by atoms with E-state index < -0.39 is 10.7 Å². The molecule has 0 N–H and O–H groups in total. The van der Waals surface area contributed by atoms with E-state index in [0.29, 0.717) is 5.69 Å². The molecule has 0 atom stereocenters. The Kier molecular flexibility index (Phi) is 3.94. The summed E-state index contributed by atoms with van der Waals surface area (Å²) in [7, 11) is 0. The minimum absolute atomic E-state index is 0.111. The zero-order valence-corrected chi connectivity index (χ0v) is 12.1. The lowest BCUT2D eigenvalue weighted by molar-refractivity contribution is -0.385. The number of rotatable bonds is 2. The van der Waals surface area contributed by atoms with Crippen LogP contribution in [0.5, 0.6) is 0 Å². The number of benzene rings is 1. The van der Waals surface area contributed by atoms with Crippen molar-refractivity contribution in [1.82, 2.24) is 4.90 Å². The molecule has 0 bridgehead atoms. The summed E-state index contributed by atoms with van der Waals surface area (Å²) in [4.78, 5) is 14.6. The predicted octanol–water partition coefficient (Wildman–Crippen LogP) is 2.65. The maximum atomic E-state index is 13.5. The van der Waals surface area contributed by atoms with Gasteiger partial charge in [-0.2, -0.15) is 0 Å². The molecule has 0 aliphatic carbocycles. The van der Waals surface area contributed by atoms with Gasteiger partial charge in [-0.3, -0.25) is 15.0 Å².